The molecular formula is C14H27N3O2. The lowest BCUT2D eigenvalue weighted by Gasteiger charge is -2.25. The molecule has 0 bridgehead atoms. The summed E-state index contributed by atoms with van der Waals surface area (Å²) in [7, 11) is 0. The van der Waals surface area contributed by atoms with E-state index in [0.29, 0.717) is 12.0 Å². The maximum atomic E-state index is 9.09. The largest absolute Gasteiger partial charge is 0.396 e. The van der Waals surface area contributed by atoms with E-state index in [-0.39, 0.29) is 12.5 Å². The van der Waals surface area contributed by atoms with E-state index in [1.807, 2.05) is 6.92 Å². The lowest BCUT2D eigenvalue weighted by molar-refractivity contribution is 0.156. The predicted molar refractivity (Wildman–Crippen MR) is 76.3 cm³/mol. The lowest BCUT2D eigenvalue weighted by atomic mass is 9.87. The van der Waals surface area contributed by atoms with Crippen LogP contribution in [0.25, 0.3) is 0 Å². The van der Waals surface area contributed by atoms with Crippen molar-refractivity contribution in [1.29, 1.82) is 0 Å². The number of aliphatic imine (C=N–C) groups is 1. The summed E-state index contributed by atoms with van der Waals surface area (Å²) in [6, 6.07) is 0. The van der Waals surface area contributed by atoms with Crippen LogP contribution >= 0.6 is 0 Å². The summed E-state index contributed by atoms with van der Waals surface area (Å²) in [6.07, 6.45) is 2.38. The van der Waals surface area contributed by atoms with Crippen LogP contribution < -0.4 is 5.32 Å². The minimum Gasteiger partial charge on any atom is -0.396 e. The van der Waals surface area contributed by atoms with E-state index in [9.17, 15) is 0 Å². The Morgan fingerprint density at radius 2 is 2.37 bits per heavy atom. The van der Waals surface area contributed by atoms with Gasteiger partial charge in [0.25, 0.3) is 0 Å². The fourth-order valence-electron chi connectivity index (χ4n) is 2.81. The second-order valence-corrected chi connectivity index (χ2v) is 5.96. The molecule has 19 heavy (non-hydrogen) atoms. The van der Waals surface area contributed by atoms with Crippen LogP contribution in [0.2, 0.25) is 0 Å². The molecule has 5 nitrogen and oxygen atoms in total. The van der Waals surface area contributed by atoms with Crippen molar-refractivity contribution in [1.82, 2.24) is 10.2 Å². The average molecular weight is 269 g/mol. The highest BCUT2D eigenvalue weighted by Crippen LogP contribution is 2.38. The van der Waals surface area contributed by atoms with Gasteiger partial charge in [-0.2, -0.15) is 0 Å². The van der Waals surface area contributed by atoms with Crippen LogP contribution in [0.5, 0.6) is 0 Å². The second-order valence-electron chi connectivity index (χ2n) is 5.96. The van der Waals surface area contributed by atoms with E-state index in [1.54, 1.807) is 0 Å². The van der Waals surface area contributed by atoms with Gasteiger partial charge in [-0.1, -0.05) is 6.92 Å². The Morgan fingerprint density at radius 3 is 3.00 bits per heavy atom. The van der Waals surface area contributed by atoms with Gasteiger partial charge in [-0.25, -0.2) is 0 Å². The summed E-state index contributed by atoms with van der Waals surface area (Å²) in [5.74, 6) is 1.21. The Morgan fingerprint density at radius 1 is 1.53 bits per heavy atom. The molecule has 2 aliphatic heterocycles. The van der Waals surface area contributed by atoms with Gasteiger partial charge in [0.1, 0.15) is 0 Å². The minimum atomic E-state index is 0.195. The Balaban J connectivity index is 1.95. The molecule has 2 rings (SSSR count). The first-order valence-electron chi connectivity index (χ1n) is 7.41. The third-order valence-corrected chi connectivity index (χ3v) is 4.12. The van der Waals surface area contributed by atoms with Gasteiger partial charge in [-0.15, -0.1) is 0 Å². The lowest BCUT2D eigenvalue weighted by Crippen LogP contribution is -2.41. The van der Waals surface area contributed by atoms with E-state index in [0.717, 1.165) is 38.8 Å². The zero-order chi connectivity index (χ0) is 13.7. The Hall–Kier alpha value is -0.810. The first-order valence-corrected chi connectivity index (χ1v) is 7.41. The number of aliphatic hydroxyl groups is 1. The van der Waals surface area contributed by atoms with E-state index in [4.69, 9.17) is 9.84 Å². The van der Waals surface area contributed by atoms with Gasteiger partial charge in [0.05, 0.1) is 6.61 Å². The summed E-state index contributed by atoms with van der Waals surface area (Å²) in [5, 5.41) is 12.5. The van der Waals surface area contributed by atoms with Crippen molar-refractivity contribution < 1.29 is 9.84 Å². The number of ether oxygens (including phenoxy) is 1. The number of nitrogens with one attached hydrogen (secondary N) is 1. The van der Waals surface area contributed by atoms with E-state index in [2.05, 4.69) is 22.1 Å². The second kappa shape index (κ2) is 6.57. The molecule has 2 heterocycles. The zero-order valence-corrected chi connectivity index (χ0v) is 12.2. The van der Waals surface area contributed by atoms with Crippen molar-refractivity contribution in [2.75, 3.05) is 46.0 Å². The summed E-state index contributed by atoms with van der Waals surface area (Å²) >= 11 is 0. The molecule has 0 aromatic heterocycles. The van der Waals surface area contributed by atoms with Gasteiger partial charge in [-0.3, -0.25) is 4.99 Å². The summed E-state index contributed by atoms with van der Waals surface area (Å²) in [4.78, 5) is 7.00. The van der Waals surface area contributed by atoms with Crippen LogP contribution in [0.15, 0.2) is 4.99 Å². The highest BCUT2D eigenvalue weighted by molar-refractivity contribution is 5.80. The third-order valence-electron chi connectivity index (χ3n) is 4.12. The van der Waals surface area contributed by atoms with Crippen LogP contribution in [0, 0.1) is 11.3 Å². The van der Waals surface area contributed by atoms with Crippen molar-refractivity contribution >= 4 is 5.96 Å². The molecule has 2 N–H and O–H groups in total. The van der Waals surface area contributed by atoms with Crippen LogP contribution in [0.1, 0.15) is 26.7 Å². The molecule has 0 saturated carbocycles. The molecule has 2 fully saturated rings. The summed E-state index contributed by atoms with van der Waals surface area (Å²) < 4.78 is 5.57. The number of aliphatic hydroxyl groups excluding tert-OH is 1. The molecule has 2 unspecified atom stereocenters. The first-order chi connectivity index (χ1) is 9.19. The predicted octanol–water partition coefficient (Wildman–Crippen LogP) is 0.693. The molecule has 0 radical (unpaired) electrons. The standard InChI is InChI=1S/C14H27N3O2/c1-3-15-13(16-8-12(2)9-18)17-6-4-14(10-17)5-7-19-11-14/h12,18H,3-11H2,1-2H3,(H,15,16). The fourth-order valence-corrected chi connectivity index (χ4v) is 2.81. The summed E-state index contributed by atoms with van der Waals surface area (Å²) in [5.41, 5.74) is 0.360. The van der Waals surface area contributed by atoms with Crippen LogP contribution in [-0.2, 0) is 4.74 Å². The van der Waals surface area contributed by atoms with Crippen molar-refractivity contribution in [3.8, 4) is 0 Å². The van der Waals surface area contributed by atoms with Crippen molar-refractivity contribution in [2.45, 2.75) is 26.7 Å². The van der Waals surface area contributed by atoms with Crippen LogP contribution in [0.3, 0.4) is 0 Å². The number of rotatable bonds is 4. The molecule has 1 spiro atoms. The molecule has 2 atom stereocenters. The SMILES string of the molecule is CCNC(=NCC(C)CO)N1CCC2(CCOC2)C1. The Labute approximate surface area is 116 Å². The first kappa shape index (κ1) is 14.6. The van der Waals surface area contributed by atoms with E-state index in [1.165, 1.54) is 12.8 Å². The van der Waals surface area contributed by atoms with Gasteiger partial charge < -0.3 is 20.1 Å². The number of guanidine groups is 1. The highest BCUT2D eigenvalue weighted by Gasteiger charge is 2.42. The molecule has 0 aromatic carbocycles. The monoisotopic (exact) mass is 269 g/mol. The fraction of sp³-hybridized carbons (Fsp3) is 0.929. The molecule has 0 aromatic rings. The quantitative estimate of drug-likeness (QED) is 0.582. The molecule has 0 aliphatic carbocycles. The van der Waals surface area contributed by atoms with Gasteiger partial charge in [0.15, 0.2) is 5.96 Å². The van der Waals surface area contributed by atoms with Crippen molar-refractivity contribution in [2.24, 2.45) is 16.3 Å². The number of likely N-dealkylation sites (tertiary alicyclic amines) is 1. The normalized spacial score (nSPS) is 29.2. The smallest absolute Gasteiger partial charge is 0.193 e. The topological polar surface area (TPSA) is 57.1 Å². The molecule has 110 valence electrons. The van der Waals surface area contributed by atoms with Gasteiger partial charge in [-0.05, 0) is 25.7 Å². The molecule has 2 saturated heterocycles. The number of nitrogens with zero attached hydrogens (tertiary/aromatic N) is 2. The highest BCUT2D eigenvalue weighted by atomic mass is 16.5. The summed E-state index contributed by atoms with van der Waals surface area (Å²) in [6.45, 7) is 9.78. The maximum absolute atomic E-state index is 9.09. The molecule has 0 amide bonds. The van der Waals surface area contributed by atoms with E-state index < -0.39 is 0 Å². The number of hydrogen-bond acceptors (Lipinski definition) is 3. The Kier molecular flexibility index (Phi) is 5.05. The van der Waals surface area contributed by atoms with Crippen LogP contribution in [0.4, 0.5) is 0 Å². The van der Waals surface area contributed by atoms with Gasteiger partial charge in [0.2, 0.25) is 0 Å². The minimum absolute atomic E-state index is 0.195. The Bertz CT molecular complexity index is 314. The van der Waals surface area contributed by atoms with Crippen LogP contribution in [-0.4, -0.2) is 62.0 Å². The van der Waals surface area contributed by atoms with Crippen molar-refractivity contribution in [3.05, 3.63) is 0 Å². The number of hydrogen-bond donors (Lipinski definition) is 2. The molecule has 5 heteroatoms. The average Bonchev–Trinajstić information content (AvgIpc) is 3.05. The zero-order valence-electron chi connectivity index (χ0n) is 12.2. The van der Waals surface area contributed by atoms with Crippen molar-refractivity contribution in [3.63, 3.8) is 0 Å². The molecule has 2 aliphatic rings. The molecular weight excluding hydrogens is 242 g/mol. The van der Waals surface area contributed by atoms with Gasteiger partial charge in [0, 0.05) is 44.8 Å². The van der Waals surface area contributed by atoms with Gasteiger partial charge >= 0.3 is 0 Å². The third kappa shape index (κ3) is 3.60. The van der Waals surface area contributed by atoms with E-state index >= 15 is 0 Å². The maximum Gasteiger partial charge on any atom is 0.193 e.